The van der Waals surface area contributed by atoms with Crippen LogP contribution in [0.25, 0.3) is 0 Å². The van der Waals surface area contributed by atoms with Crippen molar-refractivity contribution in [2.75, 3.05) is 7.11 Å². The second-order valence-corrected chi connectivity index (χ2v) is 4.92. The molecular formula is C15H14O2S. The van der Waals surface area contributed by atoms with Gasteiger partial charge in [0.05, 0.1) is 12.0 Å². The second-order valence-electron chi connectivity index (χ2n) is 3.91. The van der Waals surface area contributed by atoms with E-state index in [1.807, 2.05) is 55.5 Å². The zero-order valence-electron chi connectivity index (χ0n) is 10.3. The van der Waals surface area contributed by atoms with E-state index < -0.39 is 0 Å². The number of ether oxygens (including phenoxy) is 1. The van der Waals surface area contributed by atoms with Crippen LogP contribution < -0.4 is 4.74 Å². The van der Waals surface area contributed by atoms with Crippen LogP contribution in [0, 0.1) is 6.92 Å². The fourth-order valence-corrected chi connectivity index (χ4v) is 2.40. The van der Waals surface area contributed by atoms with E-state index in [1.165, 1.54) is 11.8 Å². The lowest BCUT2D eigenvalue weighted by Gasteiger charge is -2.06. The van der Waals surface area contributed by atoms with Gasteiger partial charge in [-0.15, -0.1) is 0 Å². The van der Waals surface area contributed by atoms with Gasteiger partial charge in [-0.25, -0.2) is 0 Å². The molecule has 0 aliphatic carbocycles. The minimum atomic E-state index is 0.0273. The first-order valence-corrected chi connectivity index (χ1v) is 6.44. The summed E-state index contributed by atoms with van der Waals surface area (Å²) in [5.74, 6) is 0.725. The molecule has 0 spiro atoms. The molecule has 0 saturated carbocycles. The molecule has 0 bridgehead atoms. The minimum Gasteiger partial charge on any atom is -0.496 e. The molecule has 0 aliphatic heterocycles. The Bertz CT molecular complexity index is 547. The molecule has 0 amide bonds. The Balaban J connectivity index is 2.18. The maximum absolute atomic E-state index is 12.1. The molecule has 0 aliphatic rings. The number of carbonyl (C=O) groups is 1. The summed E-state index contributed by atoms with van der Waals surface area (Å²) in [6.45, 7) is 2.00. The van der Waals surface area contributed by atoms with Crippen molar-refractivity contribution in [3.05, 3.63) is 59.7 Å². The van der Waals surface area contributed by atoms with Gasteiger partial charge in [-0.05, 0) is 30.8 Å². The van der Waals surface area contributed by atoms with Crippen molar-refractivity contribution in [1.82, 2.24) is 0 Å². The summed E-state index contributed by atoms with van der Waals surface area (Å²) in [6.07, 6.45) is 0. The highest BCUT2D eigenvalue weighted by atomic mass is 32.2. The summed E-state index contributed by atoms with van der Waals surface area (Å²) in [4.78, 5) is 12.9. The first kappa shape index (κ1) is 12.7. The molecule has 0 radical (unpaired) electrons. The first-order chi connectivity index (χ1) is 8.70. The van der Waals surface area contributed by atoms with Gasteiger partial charge in [0.1, 0.15) is 5.75 Å². The van der Waals surface area contributed by atoms with Gasteiger partial charge < -0.3 is 4.74 Å². The lowest BCUT2D eigenvalue weighted by atomic mass is 10.2. The van der Waals surface area contributed by atoms with E-state index in [4.69, 9.17) is 4.74 Å². The Kier molecular flexibility index (Phi) is 4.05. The van der Waals surface area contributed by atoms with Crippen LogP contribution in [-0.2, 0) is 0 Å². The third-order valence-corrected chi connectivity index (χ3v) is 3.54. The molecule has 18 heavy (non-hydrogen) atoms. The number of thioether (sulfide) groups is 1. The van der Waals surface area contributed by atoms with Gasteiger partial charge in [-0.3, -0.25) is 4.79 Å². The number of rotatable bonds is 3. The van der Waals surface area contributed by atoms with E-state index in [1.54, 1.807) is 7.11 Å². The average molecular weight is 258 g/mol. The van der Waals surface area contributed by atoms with Crippen molar-refractivity contribution in [3.63, 3.8) is 0 Å². The summed E-state index contributed by atoms with van der Waals surface area (Å²) < 4.78 is 5.23. The highest BCUT2D eigenvalue weighted by molar-refractivity contribution is 8.14. The van der Waals surface area contributed by atoms with E-state index in [0.29, 0.717) is 5.56 Å². The molecule has 0 fully saturated rings. The molecule has 0 heterocycles. The number of methoxy groups -OCH3 is 1. The second kappa shape index (κ2) is 5.74. The largest absolute Gasteiger partial charge is 0.496 e. The lowest BCUT2D eigenvalue weighted by Crippen LogP contribution is -1.94. The van der Waals surface area contributed by atoms with Gasteiger partial charge >= 0.3 is 0 Å². The Morgan fingerprint density at radius 1 is 1.06 bits per heavy atom. The Morgan fingerprint density at radius 3 is 2.39 bits per heavy atom. The fourth-order valence-electron chi connectivity index (χ4n) is 1.55. The predicted molar refractivity (Wildman–Crippen MR) is 74.4 cm³/mol. The van der Waals surface area contributed by atoms with Crippen LogP contribution in [0.2, 0.25) is 0 Å². The van der Waals surface area contributed by atoms with Gasteiger partial charge in [0.15, 0.2) is 0 Å². The molecule has 0 N–H and O–H groups in total. The number of para-hydroxylation sites is 1. The van der Waals surface area contributed by atoms with Gasteiger partial charge in [0.25, 0.3) is 0 Å². The van der Waals surface area contributed by atoms with Crippen molar-refractivity contribution in [2.45, 2.75) is 11.8 Å². The minimum absolute atomic E-state index is 0.0273. The zero-order valence-corrected chi connectivity index (χ0v) is 11.2. The smallest absolute Gasteiger partial charge is 0.224 e. The molecule has 0 unspecified atom stereocenters. The average Bonchev–Trinajstić information content (AvgIpc) is 2.40. The number of benzene rings is 2. The quantitative estimate of drug-likeness (QED) is 0.780. The highest BCUT2D eigenvalue weighted by Crippen LogP contribution is 2.31. The molecule has 2 nitrogen and oxygen atoms in total. The van der Waals surface area contributed by atoms with Crippen LogP contribution in [0.1, 0.15) is 15.9 Å². The van der Waals surface area contributed by atoms with Crippen molar-refractivity contribution in [1.29, 1.82) is 0 Å². The van der Waals surface area contributed by atoms with Gasteiger partial charge in [0, 0.05) is 5.56 Å². The van der Waals surface area contributed by atoms with Crippen molar-refractivity contribution in [3.8, 4) is 5.75 Å². The molecule has 2 aromatic carbocycles. The SMILES string of the molecule is COc1ccccc1SC(=O)c1ccc(C)cc1. The predicted octanol–water partition coefficient (Wildman–Crippen LogP) is 3.94. The topological polar surface area (TPSA) is 26.3 Å². The maximum Gasteiger partial charge on any atom is 0.224 e. The maximum atomic E-state index is 12.1. The molecule has 0 saturated heterocycles. The number of aryl methyl sites for hydroxylation is 1. The fraction of sp³-hybridized carbons (Fsp3) is 0.133. The third-order valence-electron chi connectivity index (χ3n) is 2.56. The van der Waals surface area contributed by atoms with E-state index in [-0.39, 0.29) is 5.12 Å². The van der Waals surface area contributed by atoms with E-state index in [0.717, 1.165) is 16.2 Å². The van der Waals surface area contributed by atoms with Crippen LogP contribution in [0.3, 0.4) is 0 Å². The van der Waals surface area contributed by atoms with E-state index >= 15 is 0 Å². The van der Waals surface area contributed by atoms with Gasteiger partial charge in [0.2, 0.25) is 5.12 Å². The molecule has 0 atom stereocenters. The monoisotopic (exact) mass is 258 g/mol. The molecule has 2 rings (SSSR count). The molecular weight excluding hydrogens is 244 g/mol. The van der Waals surface area contributed by atoms with E-state index in [9.17, 15) is 4.79 Å². The van der Waals surface area contributed by atoms with Crippen LogP contribution in [0.15, 0.2) is 53.4 Å². The normalized spacial score (nSPS) is 10.1. The summed E-state index contributed by atoms with van der Waals surface area (Å²) in [7, 11) is 1.61. The molecule has 3 heteroatoms. The summed E-state index contributed by atoms with van der Waals surface area (Å²) in [6, 6.07) is 15.1. The zero-order chi connectivity index (χ0) is 13.0. The molecule has 0 aromatic heterocycles. The third kappa shape index (κ3) is 2.93. The van der Waals surface area contributed by atoms with Crippen LogP contribution in [0.4, 0.5) is 0 Å². The van der Waals surface area contributed by atoms with Crippen LogP contribution >= 0.6 is 11.8 Å². The van der Waals surface area contributed by atoms with Crippen molar-refractivity contribution < 1.29 is 9.53 Å². The Labute approximate surface area is 111 Å². The highest BCUT2D eigenvalue weighted by Gasteiger charge is 2.11. The number of carbonyl (C=O) groups excluding carboxylic acids is 1. The Hall–Kier alpha value is -1.74. The van der Waals surface area contributed by atoms with Gasteiger partial charge in [-0.1, -0.05) is 42.0 Å². The summed E-state index contributed by atoms with van der Waals surface area (Å²) in [5.41, 5.74) is 1.85. The van der Waals surface area contributed by atoms with Crippen molar-refractivity contribution >= 4 is 16.9 Å². The van der Waals surface area contributed by atoms with Gasteiger partial charge in [-0.2, -0.15) is 0 Å². The molecule has 92 valence electrons. The number of hydrogen-bond donors (Lipinski definition) is 0. The standard InChI is InChI=1S/C15H14O2S/c1-11-7-9-12(10-8-11)15(16)18-14-6-4-3-5-13(14)17-2/h3-10H,1-2H3. The Morgan fingerprint density at radius 2 is 1.72 bits per heavy atom. The first-order valence-electron chi connectivity index (χ1n) is 5.62. The number of hydrogen-bond acceptors (Lipinski definition) is 3. The lowest BCUT2D eigenvalue weighted by molar-refractivity contribution is 0.108. The van der Waals surface area contributed by atoms with Crippen LogP contribution in [-0.4, -0.2) is 12.2 Å². The summed E-state index contributed by atoms with van der Waals surface area (Å²) in [5, 5.41) is 0.0273. The van der Waals surface area contributed by atoms with Crippen molar-refractivity contribution in [2.24, 2.45) is 0 Å². The van der Waals surface area contributed by atoms with E-state index in [2.05, 4.69) is 0 Å². The van der Waals surface area contributed by atoms with Crippen LogP contribution in [0.5, 0.6) is 5.75 Å². The summed E-state index contributed by atoms with van der Waals surface area (Å²) >= 11 is 1.19. The molecule has 2 aromatic rings.